The summed E-state index contributed by atoms with van der Waals surface area (Å²) in [7, 11) is -3.67. The molecule has 1 saturated carbocycles. The van der Waals surface area contributed by atoms with Gasteiger partial charge in [-0.05, 0) is 74.6 Å². The molecule has 1 aliphatic carbocycles. The van der Waals surface area contributed by atoms with Gasteiger partial charge >= 0.3 is 0 Å². The third-order valence-electron chi connectivity index (χ3n) is 5.79. The van der Waals surface area contributed by atoms with Crippen LogP contribution in [0.1, 0.15) is 62.2 Å². The van der Waals surface area contributed by atoms with Crippen molar-refractivity contribution < 1.29 is 13.2 Å². The fraction of sp³-hybridized carbons (Fsp3) is 0.458. The molecule has 3 rings (SSSR count). The van der Waals surface area contributed by atoms with E-state index in [0.29, 0.717) is 17.8 Å². The predicted octanol–water partition coefficient (Wildman–Crippen LogP) is 5.47. The van der Waals surface area contributed by atoms with Crippen LogP contribution in [-0.4, -0.2) is 33.2 Å². The topological polar surface area (TPSA) is 66.5 Å². The Labute approximate surface area is 190 Å². The molecule has 1 N–H and O–H groups in total. The van der Waals surface area contributed by atoms with Crippen LogP contribution in [0, 0.1) is 0 Å². The molecule has 1 fully saturated rings. The Balaban J connectivity index is 1.72. The number of carbonyl (C=O) groups is 1. The molecule has 1 aliphatic rings. The van der Waals surface area contributed by atoms with Crippen LogP contribution in [0.25, 0.3) is 0 Å². The highest BCUT2D eigenvalue weighted by Crippen LogP contribution is 2.26. The fourth-order valence-electron chi connectivity index (χ4n) is 4.01. The van der Waals surface area contributed by atoms with Gasteiger partial charge in [0.15, 0.2) is 0 Å². The number of anilines is 1. The van der Waals surface area contributed by atoms with E-state index in [-0.39, 0.29) is 16.8 Å². The maximum Gasteiger partial charge on any atom is 0.264 e. The van der Waals surface area contributed by atoms with Crippen molar-refractivity contribution in [1.29, 1.82) is 0 Å². The number of thioether (sulfide) groups is 1. The normalized spacial score (nSPS) is 15.7. The van der Waals surface area contributed by atoms with E-state index in [4.69, 9.17) is 0 Å². The third-order valence-corrected chi connectivity index (χ3v) is 8.45. The van der Waals surface area contributed by atoms with E-state index in [1.807, 2.05) is 25.3 Å². The molecule has 2 aromatic rings. The Morgan fingerprint density at radius 3 is 2.10 bits per heavy atom. The minimum absolute atomic E-state index is 0.0873. The van der Waals surface area contributed by atoms with Crippen molar-refractivity contribution >= 4 is 33.4 Å². The molecule has 1 amide bonds. The number of sulfonamides is 1. The number of hydrogen-bond acceptors (Lipinski definition) is 4. The van der Waals surface area contributed by atoms with Crippen LogP contribution < -0.4 is 9.62 Å². The Morgan fingerprint density at radius 2 is 1.55 bits per heavy atom. The van der Waals surface area contributed by atoms with Gasteiger partial charge in [-0.25, -0.2) is 8.42 Å². The lowest BCUT2D eigenvalue weighted by molar-refractivity contribution is 0.0930. The van der Waals surface area contributed by atoms with Gasteiger partial charge in [0.05, 0.1) is 10.6 Å². The van der Waals surface area contributed by atoms with Crippen molar-refractivity contribution in [3.8, 4) is 0 Å². The monoisotopic (exact) mass is 460 g/mol. The summed E-state index contributed by atoms with van der Waals surface area (Å²) in [4.78, 5) is 14.0. The lowest BCUT2D eigenvalue weighted by Gasteiger charge is -2.24. The molecule has 0 bridgehead atoms. The van der Waals surface area contributed by atoms with Crippen LogP contribution in [0.4, 0.5) is 5.69 Å². The van der Waals surface area contributed by atoms with Crippen molar-refractivity contribution in [2.24, 2.45) is 0 Å². The van der Waals surface area contributed by atoms with Gasteiger partial charge in [-0.1, -0.05) is 32.1 Å². The van der Waals surface area contributed by atoms with Gasteiger partial charge in [0.2, 0.25) is 0 Å². The smallest absolute Gasteiger partial charge is 0.264 e. The Bertz CT molecular complexity index is 949. The standard InChI is InChI=1S/C24H32N2O3S2/c1-3-26(31(28,29)23-17-15-22(30-2)16-18-23)21-13-11-19(12-14-21)24(27)25-20-9-7-5-4-6-8-10-20/h11-18,20H,3-10H2,1-2H3,(H,25,27). The molecule has 2 aromatic carbocycles. The van der Waals surface area contributed by atoms with Crippen molar-refractivity contribution in [1.82, 2.24) is 5.32 Å². The molecule has 5 nitrogen and oxygen atoms in total. The van der Waals surface area contributed by atoms with E-state index in [0.717, 1.165) is 30.6 Å². The van der Waals surface area contributed by atoms with E-state index in [1.165, 1.54) is 23.6 Å². The first kappa shape index (κ1) is 23.7. The van der Waals surface area contributed by atoms with Crippen molar-refractivity contribution in [3.05, 3.63) is 54.1 Å². The van der Waals surface area contributed by atoms with Crippen LogP contribution in [0.15, 0.2) is 58.3 Å². The molecule has 7 heteroatoms. The minimum Gasteiger partial charge on any atom is -0.349 e. The zero-order valence-corrected chi connectivity index (χ0v) is 20.0. The summed E-state index contributed by atoms with van der Waals surface area (Å²) >= 11 is 1.57. The van der Waals surface area contributed by atoms with Gasteiger partial charge in [-0.15, -0.1) is 11.8 Å². The molecule has 0 unspecified atom stereocenters. The molecule has 0 aliphatic heterocycles. The second kappa shape index (κ2) is 11.0. The summed E-state index contributed by atoms with van der Waals surface area (Å²) in [6, 6.07) is 14.0. The molecule has 0 saturated heterocycles. The van der Waals surface area contributed by atoms with Crippen LogP contribution in [0.3, 0.4) is 0 Å². The first-order valence-electron chi connectivity index (χ1n) is 11.0. The van der Waals surface area contributed by atoms with Gasteiger partial charge in [0.1, 0.15) is 0 Å². The zero-order chi connectivity index (χ0) is 22.3. The average Bonchev–Trinajstić information content (AvgIpc) is 2.76. The van der Waals surface area contributed by atoms with Crippen molar-refractivity contribution in [2.45, 2.75) is 67.7 Å². The van der Waals surface area contributed by atoms with Crippen molar-refractivity contribution in [3.63, 3.8) is 0 Å². The summed E-state index contributed by atoms with van der Waals surface area (Å²) in [6.07, 6.45) is 10.1. The molecule has 168 valence electrons. The number of carbonyl (C=O) groups excluding carboxylic acids is 1. The fourth-order valence-corrected chi connectivity index (χ4v) is 5.90. The summed E-state index contributed by atoms with van der Waals surface area (Å²) in [5.41, 5.74) is 1.11. The first-order valence-corrected chi connectivity index (χ1v) is 13.7. The number of rotatable bonds is 7. The first-order chi connectivity index (χ1) is 15.0. The maximum atomic E-state index is 13.1. The molecule has 0 atom stereocenters. The van der Waals surface area contributed by atoms with Crippen LogP contribution in [0.5, 0.6) is 0 Å². The molecular formula is C24H32N2O3S2. The highest BCUT2D eigenvalue weighted by atomic mass is 32.2. The second-order valence-electron chi connectivity index (χ2n) is 7.91. The molecule has 0 spiro atoms. The number of nitrogens with one attached hydrogen (secondary N) is 1. The largest absolute Gasteiger partial charge is 0.349 e. The summed E-state index contributed by atoms with van der Waals surface area (Å²) < 4.78 is 27.7. The second-order valence-corrected chi connectivity index (χ2v) is 10.6. The Morgan fingerprint density at radius 1 is 0.968 bits per heavy atom. The third kappa shape index (κ3) is 6.04. The van der Waals surface area contributed by atoms with Gasteiger partial charge in [0, 0.05) is 23.0 Å². The molecular weight excluding hydrogens is 428 g/mol. The molecule has 31 heavy (non-hydrogen) atoms. The Hall–Kier alpha value is -1.99. The predicted molar refractivity (Wildman–Crippen MR) is 128 cm³/mol. The van der Waals surface area contributed by atoms with Crippen molar-refractivity contribution in [2.75, 3.05) is 17.1 Å². The van der Waals surface area contributed by atoms with E-state index < -0.39 is 10.0 Å². The average molecular weight is 461 g/mol. The molecule has 0 aromatic heterocycles. The zero-order valence-electron chi connectivity index (χ0n) is 18.3. The Kier molecular flexibility index (Phi) is 8.43. The highest BCUT2D eigenvalue weighted by Gasteiger charge is 2.24. The SMILES string of the molecule is CCN(c1ccc(C(=O)NC2CCCCCCC2)cc1)S(=O)(=O)c1ccc(SC)cc1. The lowest BCUT2D eigenvalue weighted by atomic mass is 9.96. The minimum atomic E-state index is -3.67. The number of amides is 1. The molecule has 0 heterocycles. The van der Waals surface area contributed by atoms with Gasteiger partial charge < -0.3 is 5.32 Å². The number of benzene rings is 2. The van der Waals surface area contributed by atoms with Crippen LogP contribution in [-0.2, 0) is 10.0 Å². The van der Waals surface area contributed by atoms with Gasteiger partial charge in [-0.3, -0.25) is 9.10 Å². The van der Waals surface area contributed by atoms with E-state index in [2.05, 4.69) is 5.32 Å². The van der Waals surface area contributed by atoms with E-state index >= 15 is 0 Å². The van der Waals surface area contributed by atoms with E-state index in [1.54, 1.807) is 48.2 Å². The number of hydrogen-bond donors (Lipinski definition) is 1. The molecule has 0 radical (unpaired) electrons. The summed E-state index contributed by atoms with van der Waals surface area (Å²) in [5.74, 6) is -0.0873. The lowest BCUT2D eigenvalue weighted by Crippen LogP contribution is -2.35. The summed E-state index contributed by atoms with van der Waals surface area (Å²) in [5, 5.41) is 3.16. The maximum absolute atomic E-state index is 13.1. The highest BCUT2D eigenvalue weighted by molar-refractivity contribution is 7.98. The van der Waals surface area contributed by atoms with Crippen LogP contribution >= 0.6 is 11.8 Å². The van der Waals surface area contributed by atoms with Gasteiger partial charge in [-0.2, -0.15) is 0 Å². The summed E-state index contributed by atoms with van der Waals surface area (Å²) in [6.45, 7) is 2.11. The van der Waals surface area contributed by atoms with Crippen LogP contribution in [0.2, 0.25) is 0 Å². The quantitative estimate of drug-likeness (QED) is 0.557. The van der Waals surface area contributed by atoms with E-state index in [9.17, 15) is 13.2 Å². The van der Waals surface area contributed by atoms with Gasteiger partial charge in [0.25, 0.3) is 15.9 Å². The number of nitrogens with zero attached hydrogens (tertiary/aromatic N) is 1.